The molecule has 1 fully saturated rings. The first-order valence-corrected chi connectivity index (χ1v) is 13.0. The van der Waals surface area contributed by atoms with E-state index in [1.54, 1.807) is 20.0 Å². The van der Waals surface area contributed by atoms with E-state index in [4.69, 9.17) is 0 Å². The molecule has 9 heteroatoms. The van der Waals surface area contributed by atoms with Crippen molar-refractivity contribution in [2.45, 2.75) is 85.9 Å². The van der Waals surface area contributed by atoms with Gasteiger partial charge in [0.25, 0.3) is 11.8 Å². The van der Waals surface area contributed by atoms with Crippen LogP contribution in [0.4, 0.5) is 5.82 Å². The number of amides is 2. The third-order valence-electron chi connectivity index (χ3n) is 6.54. The van der Waals surface area contributed by atoms with Crippen LogP contribution in [0.3, 0.4) is 0 Å². The van der Waals surface area contributed by atoms with E-state index in [-0.39, 0.29) is 40.7 Å². The molecule has 2 atom stereocenters. The number of hydrogen-bond donors (Lipinski definition) is 3. The smallest absolute Gasteiger partial charge is 0.280 e. The molecule has 8 nitrogen and oxygen atoms in total. The molecule has 1 saturated heterocycles. The molecule has 192 valence electrons. The van der Waals surface area contributed by atoms with Crippen molar-refractivity contribution in [2.75, 3.05) is 18.4 Å². The third-order valence-corrected chi connectivity index (χ3v) is 7.63. The second kappa shape index (κ2) is 10.2. The van der Waals surface area contributed by atoms with Crippen molar-refractivity contribution in [3.05, 3.63) is 28.5 Å². The fourth-order valence-electron chi connectivity index (χ4n) is 3.80. The maximum absolute atomic E-state index is 13.5. The van der Waals surface area contributed by atoms with Gasteiger partial charge in [-0.05, 0) is 64.5 Å². The van der Waals surface area contributed by atoms with Gasteiger partial charge in [-0.25, -0.2) is 9.97 Å². The summed E-state index contributed by atoms with van der Waals surface area (Å²) < 4.78 is 0. The predicted octanol–water partition coefficient (Wildman–Crippen LogP) is 4.49. The van der Waals surface area contributed by atoms with Gasteiger partial charge >= 0.3 is 0 Å². The van der Waals surface area contributed by atoms with Gasteiger partial charge in [0.1, 0.15) is 11.5 Å². The van der Waals surface area contributed by atoms with Gasteiger partial charge in [0.15, 0.2) is 5.01 Å². The van der Waals surface area contributed by atoms with Crippen molar-refractivity contribution in [1.29, 1.82) is 0 Å². The van der Waals surface area contributed by atoms with Crippen LogP contribution in [0.1, 0.15) is 87.2 Å². The normalized spacial score (nSPS) is 17.4. The van der Waals surface area contributed by atoms with Gasteiger partial charge in [-0.2, -0.15) is 0 Å². The maximum atomic E-state index is 13.5. The minimum Gasteiger partial charge on any atom is -0.389 e. The molecule has 0 aliphatic carbocycles. The number of pyridine rings is 1. The van der Waals surface area contributed by atoms with Crippen LogP contribution in [-0.2, 0) is 0 Å². The lowest BCUT2D eigenvalue weighted by molar-refractivity contribution is 0.0692. The molecule has 0 unspecified atom stereocenters. The van der Waals surface area contributed by atoms with Gasteiger partial charge in [0.2, 0.25) is 0 Å². The summed E-state index contributed by atoms with van der Waals surface area (Å²) in [5.74, 6) is 0.197. The minimum absolute atomic E-state index is 0.0728. The van der Waals surface area contributed by atoms with E-state index in [0.717, 1.165) is 29.8 Å². The van der Waals surface area contributed by atoms with Gasteiger partial charge in [0, 0.05) is 36.9 Å². The fourth-order valence-corrected chi connectivity index (χ4v) is 4.85. The Balaban J connectivity index is 1.98. The number of hydrogen-bond acceptors (Lipinski definition) is 7. The first kappa shape index (κ1) is 27.1. The van der Waals surface area contributed by atoms with Crippen molar-refractivity contribution in [3.8, 4) is 10.4 Å². The Bertz CT molecular complexity index is 1080. The molecule has 3 rings (SSSR count). The highest BCUT2D eigenvalue weighted by atomic mass is 32.1. The number of nitrogens with zero attached hydrogens (tertiary/aromatic N) is 3. The molecule has 0 saturated carbocycles. The zero-order chi connectivity index (χ0) is 26.1. The monoisotopic (exact) mass is 501 g/mol. The number of carbonyl (C=O) groups is 2. The summed E-state index contributed by atoms with van der Waals surface area (Å²) in [6.45, 7) is 16.7. The van der Waals surface area contributed by atoms with Crippen LogP contribution in [0.25, 0.3) is 10.4 Å². The van der Waals surface area contributed by atoms with E-state index in [1.165, 1.54) is 11.3 Å². The van der Waals surface area contributed by atoms with Crippen LogP contribution in [0.15, 0.2) is 12.3 Å². The lowest BCUT2D eigenvalue weighted by Gasteiger charge is -2.28. The number of rotatable bonds is 7. The molecule has 1 aliphatic rings. The highest BCUT2D eigenvalue weighted by Crippen LogP contribution is 2.35. The maximum Gasteiger partial charge on any atom is 0.280 e. The van der Waals surface area contributed by atoms with E-state index in [9.17, 15) is 14.7 Å². The molecule has 3 heterocycles. The Labute approximate surface area is 212 Å². The molecule has 1 aliphatic heterocycles. The second-order valence-corrected chi connectivity index (χ2v) is 12.3. The number of thiazole rings is 1. The van der Waals surface area contributed by atoms with E-state index in [0.29, 0.717) is 11.4 Å². The van der Waals surface area contributed by atoms with Crippen LogP contribution < -0.4 is 10.6 Å². The summed E-state index contributed by atoms with van der Waals surface area (Å²) in [5.41, 5.74) is 1.04. The number of carbonyl (C=O) groups excluding carboxylic acids is 2. The van der Waals surface area contributed by atoms with E-state index in [2.05, 4.69) is 48.3 Å². The Kier molecular flexibility index (Phi) is 7.91. The zero-order valence-corrected chi connectivity index (χ0v) is 23.0. The van der Waals surface area contributed by atoms with Gasteiger partial charge < -0.3 is 20.6 Å². The van der Waals surface area contributed by atoms with Crippen molar-refractivity contribution in [1.82, 2.24) is 20.2 Å². The fraction of sp³-hybridized carbons (Fsp3) is 0.615. The van der Waals surface area contributed by atoms with Crippen LogP contribution >= 0.6 is 11.3 Å². The largest absolute Gasteiger partial charge is 0.389 e. The molecule has 2 aromatic rings. The van der Waals surface area contributed by atoms with Gasteiger partial charge in [-0.1, -0.05) is 20.8 Å². The van der Waals surface area contributed by atoms with E-state index < -0.39 is 11.5 Å². The average molecular weight is 502 g/mol. The van der Waals surface area contributed by atoms with Gasteiger partial charge in [-0.3, -0.25) is 9.59 Å². The van der Waals surface area contributed by atoms with Crippen molar-refractivity contribution < 1.29 is 14.7 Å². The summed E-state index contributed by atoms with van der Waals surface area (Å²) in [6, 6.07) is 2.32. The minimum atomic E-state index is -1.05. The number of nitrogens with one attached hydrogen (secondary N) is 2. The molecular formula is C26H39N5O3S. The molecule has 0 spiro atoms. The third kappa shape index (κ3) is 6.58. The quantitative estimate of drug-likeness (QED) is 0.516. The first-order valence-electron chi connectivity index (χ1n) is 12.2. The van der Waals surface area contributed by atoms with E-state index in [1.807, 2.05) is 24.8 Å². The van der Waals surface area contributed by atoms with Gasteiger partial charge in [-0.15, -0.1) is 11.3 Å². The van der Waals surface area contributed by atoms with E-state index >= 15 is 0 Å². The summed E-state index contributed by atoms with van der Waals surface area (Å²) >= 11 is 1.19. The van der Waals surface area contributed by atoms with Crippen molar-refractivity contribution in [2.24, 2.45) is 5.41 Å². The SMILES string of the molecule is Cc1cc(N[C@H](C)C(C)(C)C)ncc1-c1sc(C(=O)NCC(C)(C)O)nc1C(=O)N1CCC[C@@H]1C. The number of likely N-dealkylation sites (tertiary alicyclic amines) is 1. The lowest BCUT2D eigenvalue weighted by Crippen LogP contribution is -2.38. The average Bonchev–Trinajstić information content (AvgIpc) is 3.37. The molecule has 2 aromatic heterocycles. The van der Waals surface area contributed by atoms with Gasteiger partial charge in [0.05, 0.1) is 10.5 Å². The Morgan fingerprint density at radius 1 is 1.29 bits per heavy atom. The Morgan fingerprint density at radius 3 is 2.51 bits per heavy atom. The standard InChI is InChI=1S/C26H39N5O3S/c1-15-12-19(29-17(3)25(4,5)6)27-13-18(15)21-20(24(33)31-11-9-10-16(31)2)30-23(35-21)22(32)28-14-26(7,8)34/h12-13,16-17,34H,9-11,14H2,1-8H3,(H,27,29)(H,28,32)/t16-,17+/m0/s1. The predicted molar refractivity (Wildman–Crippen MR) is 141 cm³/mol. The summed E-state index contributed by atoms with van der Waals surface area (Å²) in [6.07, 6.45) is 3.67. The molecule has 35 heavy (non-hydrogen) atoms. The topological polar surface area (TPSA) is 107 Å². The summed E-state index contributed by atoms with van der Waals surface area (Å²) in [7, 11) is 0. The van der Waals surface area contributed by atoms with Crippen LogP contribution in [-0.4, -0.2) is 62.6 Å². The number of anilines is 1. The second-order valence-electron chi connectivity index (χ2n) is 11.3. The molecular weight excluding hydrogens is 462 g/mol. The number of aromatic nitrogens is 2. The highest BCUT2D eigenvalue weighted by molar-refractivity contribution is 7.17. The Hall–Kier alpha value is -2.52. The van der Waals surface area contributed by atoms with Crippen molar-refractivity contribution >= 4 is 29.0 Å². The van der Waals surface area contributed by atoms with Crippen LogP contribution in [0, 0.1) is 12.3 Å². The molecule has 0 radical (unpaired) electrons. The van der Waals surface area contributed by atoms with Crippen molar-refractivity contribution in [3.63, 3.8) is 0 Å². The van der Waals surface area contributed by atoms with Crippen LogP contribution in [0.2, 0.25) is 0 Å². The number of aryl methyl sites for hydroxylation is 1. The highest BCUT2D eigenvalue weighted by Gasteiger charge is 2.32. The zero-order valence-electron chi connectivity index (χ0n) is 22.2. The van der Waals surface area contributed by atoms with Crippen LogP contribution in [0.5, 0.6) is 0 Å². The summed E-state index contributed by atoms with van der Waals surface area (Å²) in [4.78, 5) is 37.9. The molecule has 2 amide bonds. The first-order chi connectivity index (χ1) is 16.2. The molecule has 0 aromatic carbocycles. The Morgan fingerprint density at radius 2 is 1.97 bits per heavy atom. The summed E-state index contributed by atoms with van der Waals surface area (Å²) in [5, 5.41) is 16.4. The molecule has 0 bridgehead atoms. The molecule has 3 N–H and O–H groups in total. The lowest BCUT2D eigenvalue weighted by atomic mass is 9.88. The number of aliphatic hydroxyl groups is 1.